The zero-order valence-electron chi connectivity index (χ0n) is 14.7. The summed E-state index contributed by atoms with van der Waals surface area (Å²) in [5.41, 5.74) is 0.676. The van der Waals surface area contributed by atoms with E-state index in [1.54, 1.807) is 0 Å². The van der Waals surface area contributed by atoms with Crippen molar-refractivity contribution in [1.29, 1.82) is 0 Å². The van der Waals surface area contributed by atoms with Gasteiger partial charge in [0.15, 0.2) is 0 Å². The lowest BCUT2D eigenvalue weighted by atomic mass is 9.74. The second kappa shape index (κ2) is 9.00. The summed E-state index contributed by atoms with van der Waals surface area (Å²) < 4.78 is 0. The van der Waals surface area contributed by atoms with Gasteiger partial charge in [-0.05, 0) is 38.5 Å². The lowest BCUT2D eigenvalue weighted by molar-refractivity contribution is 0.168. The largest absolute Gasteiger partial charge is 0.312 e. The Labute approximate surface area is 122 Å². The van der Waals surface area contributed by atoms with Crippen LogP contribution >= 0.6 is 0 Å². The van der Waals surface area contributed by atoms with Crippen molar-refractivity contribution in [3.63, 3.8) is 0 Å². The molecule has 1 N–H and O–H groups in total. The van der Waals surface area contributed by atoms with Crippen LogP contribution in [0.5, 0.6) is 0 Å². The first-order valence-corrected chi connectivity index (χ1v) is 8.46. The van der Waals surface area contributed by atoms with Gasteiger partial charge in [-0.15, -0.1) is 0 Å². The smallest absolute Gasteiger partial charge is 0.00967 e. The van der Waals surface area contributed by atoms with Gasteiger partial charge in [0.2, 0.25) is 0 Å². The summed E-state index contributed by atoms with van der Waals surface area (Å²) in [5, 5.41) is 3.71. The van der Waals surface area contributed by atoms with Crippen molar-refractivity contribution in [2.45, 2.75) is 99.0 Å². The van der Waals surface area contributed by atoms with Crippen LogP contribution < -0.4 is 5.32 Å². The third-order valence-electron chi connectivity index (χ3n) is 4.52. The molecule has 19 heavy (non-hydrogen) atoms. The van der Waals surface area contributed by atoms with Crippen LogP contribution in [0.3, 0.4) is 0 Å². The van der Waals surface area contributed by atoms with Crippen molar-refractivity contribution >= 4 is 0 Å². The van der Waals surface area contributed by atoms with Crippen LogP contribution in [0.15, 0.2) is 0 Å². The molecule has 0 aliphatic carbocycles. The van der Waals surface area contributed by atoms with E-state index in [0.717, 1.165) is 12.5 Å². The number of hydrogen-bond donors (Lipinski definition) is 1. The van der Waals surface area contributed by atoms with E-state index in [4.69, 9.17) is 0 Å². The molecule has 1 atom stereocenters. The molecular formula is C18H39N. The average Bonchev–Trinajstić information content (AvgIpc) is 2.30. The minimum absolute atomic E-state index is 0.233. The first-order chi connectivity index (χ1) is 8.71. The minimum atomic E-state index is 0.233. The van der Waals surface area contributed by atoms with Crippen LogP contribution in [-0.2, 0) is 0 Å². The monoisotopic (exact) mass is 269 g/mol. The summed E-state index contributed by atoms with van der Waals surface area (Å²) in [6, 6.07) is 0. The second-order valence-corrected chi connectivity index (χ2v) is 7.93. The maximum Gasteiger partial charge on any atom is 0.00967 e. The summed E-state index contributed by atoms with van der Waals surface area (Å²) in [6.07, 6.45) is 9.78. The Morgan fingerprint density at radius 3 is 1.84 bits per heavy atom. The molecule has 0 radical (unpaired) electrons. The van der Waals surface area contributed by atoms with Crippen LogP contribution in [-0.4, -0.2) is 12.1 Å². The van der Waals surface area contributed by atoms with Gasteiger partial charge < -0.3 is 5.32 Å². The molecule has 1 unspecified atom stereocenters. The summed E-state index contributed by atoms with van der Waals surface area (Å²) in [5.74, 6) is 0.748. The summed E-state index contributed by atoms with van der Waals surface area (Å²) in [4.78, 5) is 0. The van der Waals surface area contributed by atoms with Gasteiger partial charge in [-0.1, -0.05) is 66.2 Å². The van der Waals surface area contributed by atoms with E-state index in [-0.39, 0.29) is 5.54 Å². The Morgan fingerprint density at radius 2 is 1.37 bits per heavy atom. The Hall–Kier alpha value is -0.0400. The average molecular weight is 270 g/mol. The van der Waals surface area contributed by atoms with Crippen LogP contribution in [0.1, 0.15) is 93.4 Å². The van der Waals surface area contributed by atoms with E-state index < -0.39 is 0 Å². The van der Waals surface area contributed by atoms with E-state index in [1.165, 1.54) is 44.9 Å². The molecule has 0 bridgehead atoms. The highest BCUT2D eigenvalue weighted by Crippen LogP contribution is 2.33. The quantitative estimate of drug-likeness (QED) is 0.495. The molecule has 0 rings (SSSR count). The maximum atomic E-state index is 3.71. The van der Waals surface area contributed by atoms with E-state index >= 15 is 0 Å². The number of hydrogen-bond acceptors (Lipinski definition) is 1. The zero-order valence-corrected chi connectivity index (χ0v) is 14.7. The Balaban J connectivity index is 4.03. The molecule has 1 heteroatoms. The molecule has 0 fully saturated rings. The molecule has 0 heterocycles. The Morgan fingerprint density at radius 1 is 0.842 bits per heavy atom. The topological polar surface area (TPSA) is 12.0 Å². The Kier molecular flexibility index (Phi) is 8.98. The molecule has 0 aliphatic heterocycles. The molecule has 0 aromatic rings. The lowest BCUT2D eigenvalue weighted by Gasteiger charge is -2.37. The number of rotatable bonds is 10. The maximum absolute atomic E-state index is 3.71. The van der Waals surface area contributed by atoms with Gasteiger partial charge >= 0.3 is 0 Å². The number of unbranched alkanes of at least 4 members (excludes halogenated alkanes) is 5. The van der Waals surface area contributed by atoms with Gasteiger partial charge in [0.05, 0.1) is 0 Å². The highest BCUT2D eigenvalue weighted by Gasteiger charge is 2.28. The van der Waals surface area contributed by atoms with Crippen molar-refractivity contribution in [3.8, 4) is 0 Å². The molecule has 1 nitrogen and oxygen atoms in total. The van der Waals surface area contributed by atoms with E-state index in [2.05, 4.69) is 53.8 Å². The van der Waals surface area contributed by atoms with Gasteiger partial charge in [0, 0.05) is 12.1 Å². The van der Waals surface area contributed by atoms with E-state index in [0.29, 0.717) is 5.41 Å². The highest BCUT2D eigenvalue weighted by atomic mass is 15.0. The zero-order chi connectivity index (χ0) is 14.9. The fourth-order valence-electron chi connectivity index (χ4n) is 2.36. The fourth-order valence-corrected chi connectivity index (χ4v) is 2.36. The normalized spacial score (nSPS) is 15.8. The summed E-state index contributed by atoms with van der Waals surface area (Å²) in [6.45, 7) is 17.4. The molecule has 0 aliphatic rings. The van der Waals surface area contributed by atoms with E-state index in [9.17, 15) is 0 Å². The third-order valence-corrected chi connectivity index (χ3v) is 4.52. The fraction of sp³-hybridized carbons (Fsp3) is 1.00. The summed E-state index contributed by atoms with van der Waals surface area (Å²) in [7, 11) is 0. The van der Waals surface area contributed by atoms with Crippen molar-refractivity contribution in [2.24, 2.45) is 11.3 Å². The standard InChI is InChI=1S/C18H39N/c1-8-9-10-11-12-13-14-18(7,16(2)3)15-19-17(4,5)6/h16,19H,8-15H2,1-7H3. The summed E-state index contributed by atoms with van der Waals surface area (Å²) >= 11 is 0. The molecule has 0 spiro atoms. The molecule has 0 amide bonds. The van der Waals surface area contributed by atoms with Crippen LogP contribution in [0.2, 0.25) is 0 Å². The predicted octanol–water partition coefficient (Wildman–Crippen LogP) is 5.79. The third kappa shape index (κ3) is 9.49. The molecular weight excluding hydrogens is 230 g/mol. The Bertz CT molecular complexity index is 214. The lowest BCUT2D eigenvalue weighted by Crippen LogP contribution is -2.44. The second-order valence-electron chi connectivity index (χ2n) is 7.93. The highest BCUT2D eigenvalue weighted by molar-refractivity contribution is 4.83. The minimum Gasteiger partial charge on any atom is -0.312 e. The van der Waals surface area contributed by atoms with Crippen LogP contribution in [0.25, 0.3) is 0 Å². The molecule has 0 aromatic heterocycles. The molecule has 0 saturated heterocycles. The van der Waals surface area contributed by atoms with Gasteiger partial charge in [0.1, 0.15) is 0 Å². The van der Waals surface area contributed by atoms with Crippen molar-refractivity contribution in [1.82, 2.24) is 5.32 Å². The first-order valence-electron chi connectivity index (χ1n) is 8.46. The molecule has 0 saturated carbocycles. The van der Waals surface area contributed by atoms with Gasteiger partial charge in [-0.25, -0.2) is 0 Å². The van der Waals surface area contributed by atoms with Gasteiger partial charge in [-0.3, -0.25) is 0 Å². The van der Waals surface area contributed by atoms with Gasteiger partial charge in [-0.2, -0.15) is 0 Å². The van der Waals surface area contributed by atoms with Crippen molar-refractivity contribution in [2.75, 3.05) is 6.54 Å². The van der Waals surface area contributed by atoms with Crippen LogP contribution in [0, 0.1) is 11.3 Å². The van der Waals surface area contributed by atoms with E-state index in [1.807, 2.05) is 0 Å². The first kappa shape index (κ1) is 19.0. The number of nitrogens with one attached hydrogen (secondary N) is 1. The van der Waals surface area contributed by atoms with Crippen molar-refractivity contribution in [3.05, 3.63) is 0 Å². The molecule has 0 aromatic carbocycles. The SMILES string of the molecule is CCCCCCCCC(C)(CNC(C)(C)C)C(C)C. The van der Waals surface area contributed by atoms with Gasteiger partial charge in [0.25, 0.3) is 0 Å². The predicted molar refractivity (Wildman–Crippen MR) is 88.7 cm³/mol. The van der Waals surface area contributed by atoms with Crippen molar-refractivity contribution < 1.29 is 0 Å². The molecule has 116 valence electrons. The van der Waals surface area contributed by atoms with Crippen LogP contribution in [0.4, 0.5) is 0 Å².